The van der Waals surface area contributed by atoms with Gasteiger partial charge in [-0.2, -0.15) is 0 Å². The maximum Gasteiger partial charge on any atom is 0.312 e. The fraction of sp³-hybridized carbons (Fsp3) is 0.526. The lowest BCUT2D eigenvalue weighted by Crippen LogP contribution is -2.54. The Morgan fingerprint density at radius 2 is 2.00 bits per heavy atom. The molecule has 1 aromatic carbocycles. The Bertz CT molecular complexity index is 831. The molecule has 144 valence electrons. The minimum atomic E-state index is -1.42. The minimum Gasteiger partial charge on any atom is -0.481 e. The number of nitro groups is 1. The summed E-state index contributed by atoms with van der Waals surface area (Å²) >= 11 is 0. The molecule has 0 aromatic heterocycles. The van der Waals surface area contributed by atoms with Gasteiger partial charge in [0.1, 0.15) is 5.92 Å². The Morgan fingerprint density at radius 1 is 1.33 bits per heavy atom. The van der Waals surface area contributed by atoms with Gasteiger partial charge in [-0.1, -0.05) is 25.0 Å². The van der Waals surface area contributed by atoms with Crippen LogP contribution >= 0.6 is 0 Å². The molecule has 8 heteroatoms. The number of carbonyl (C=O) groups is 2. The van der Waals surface area contributed by atoms with Gasteiger partial charge in [0.15, 0.2) is 0 Å². The van der Waals surface area contributed by atoms with Crippen molar-refractivity contribution >= 4 is 23.3 Å². The molecule has 1 heterocycles. The number of hydrogen-bond donors (Lipinski definition) is 2. The molecule has 8 nitrogen and oxygen atoms in total. The Kier molecular flexibility index (Phi) is 4.75. The standard InChI is InChI=1S/C19H22N2O6/c1-10-15(17(22)23)16(13-4-3-5-14(8-13)21(26)27)19(18(24)25,11(2)20-10)9-12-6-7-12/h3-5,8,11-12,15-16H,6-7,9H2,1-2H3,(H,22,23)(H,24,25). The number of rotatable bonds is 6. The average molecular weight is 374 g/mol. The van der Waals surface area contributed by atoms with Crippen LogP contribution in [0.25, 0.3) is 0 Å². The van der Waals surface area contributed by atoms with E-state index in [2.05, 4.69) is 4.99 Å². The number of benzene rings is 1. The number of carboxylic acids is 2. The Hall–Kier alpha value is -2.77. The molecule has 2 aliphatic rings. The summed E-state index contributed by atoms with van der Waals surface area (Å²) in [5.41, 5.74) is -0.894. The zero-order valence-electron chi connectivity index (χ0n) is 15.2. The number of hydrogen-bond acceptors (Lipinski definition) is 5. The highest BCUT2D eigenvalue weighted by molar-refractivity contribution is 6.03. The normalized spacial score (nSPS) is 30.4. The first-order valence-corrected chi connectivity index (χ1v) is 8.93. The number of nitro benzene ring substituents is 1. The number of non-ortho nitro benzene ring substituents is 1. The van der Waals surface area contributed by atoms with Gasteiger partial charge in [-0.05, 0) is 31.7 Å². The first-order valence-electron chi connectivity index (χ1n) is 8.93. The molecule has 3 rings (SSSR count). The van der Waals surface area contributed by atoms with Crippen molar-refractivity contribution in [3.05, 3.63) is 39.9 Å². The van der Waals surface area contributed by atoms with Gasteiger partial charge in [0.2, 0.25) is 0 Å². The first-order chi connectivity index (χ1) is 12.7. The van der Waals surface area contributed by atoms with E-state index in [0.717, 1.165) is 12.8 Å². The van der Waals surface area contributed by atoms with E-state index in [1.165, 1.54) is 18.2 Å². The van der Waals surface area contributed by atoms with Gasteiger partial charge in [-0.15, -0.1) is 0 Å². The molecule has 0 spiro atoms. The summed E-state index contributed by atoms with van der Waals surface area (Å²) in [7, 11) is 0. The zero-order chi connectivity index (χ0) is 19.9. The van der Waals surface area contributed by atoms with Gasteiger partial charge >= 0.3 is 11.9 Å². The van der Waals surface area contributed by atoms with Crippen LogP contribution in [0.5, 0.6) is 0 Å². The fourth-order valence-corrected chi connectivity index (χ4v) is 4.44. The summed E-state index contributed by atoms with van der Waals surface area (Å²) in [6, 6.07) is 5.05. The van der Waals surface area contributed by atoms with Gasteiger partial charge in [-0.25, -0.2) is 0 Å². The molecule has 1 aliphatic carbocycles. The minimum absolute atomic E-state index is 0.185. The molecule has 0 saturated heterocycles. The van der Waals surface area contributed by atoms with Crippen LogP contribution in [-0.2, 0) is 9.59 Å². The highest BCUT2D eigenvalue weighted by Gasteiger charge is 2.59. The predicted molar refractivity (Wildman–Crippen MR) is 96.9 cm³/mol. The lowest BCUT2D eigenvalue weighted by molar-refractivity contribution is -0.385. The van der Waals surface area contributed by atoms with E-state index in [-0.39, 0.29) is 11.6 Å². The molecule has 1 aromatic rings. The van der Waals surface area contributed by atoms with E-state index in [9.17, 15) is 29.9 Å². The second-order valence-electron chi connectivity index (χ2n) is 7.59. The third-order valence-corrected chi connectivity index (χ3v) is 5.91. The van der Waals surface area contributed by atoms with Crippen LogP contribution in [-0.4, -0.2) is 38.8 Å². The van der Waals surface area contributed by atoms with Crippen molar-refractivity contribution in [2.24, 2.45) is 22.2 Å². The van der Waals surface area contributed by atoms with Gasteiger partial charge < -0.3 is 10.2 Å². The second-order valence-corrected chi connectivity index (χ2v) is 7.59. The van der Waals surface area contributed by atoms with Gasteiger partial charge in [0, 0.05) is 23.8 Å². The molecule has 2 N–H and O–H groups in total. The number of carboxylic acid groups (broad SMARTS) is 2. The molecule has 1 fully saturated rings. The van der Waals surface area contributed by atoms with Crippen LogP contribution < -0.4 is 0 Å². The SMILES string of the molecule is CC1=NC(C)C(CC2CC2)(C(=O)O)C(c2cccc([N+](=O)[O-])c2)C1C(=O)O. The third-order valence-electron chi connectivity index (χ3n) is 5.91. The highest BCUT2D eigenvalue weighted by atomic mass is 16.6. The number of nitrogens with zero attached hydrogens (tertiary/aromatic N) is 2. The summed E-state index contributed by atoms with van der Waals surface area (Å²) in [5.74, 6) is -4.12. The largest absolute Gasteiger partial charge is 0.481 e. The Morgan fingerprint density at radius 3 is 2.52 bits per heavy atom. The highest BCUT2D eigenvalue weighted by Crippen LogP contribution is 2.55. The molecule has 1 saturated carbocycles. The molecule has 1 aliphatic heterocycles. The van der Waals surface area contributed by atoms with Crippen LogP contribution in [0.4, 0.5) is 5.69 Å². The van der Waals surface area contributed by atoms with Crippen molar-refractivity contribution in [1.29, 1.82) is 0 Å². The monoisotopic (exact) mass is 374 g/mol. The quantitative estimate of drug-likeness (QED) is 0.581. The van der Waals surface area contributed by atoms with Crippen molar-refractivity contribution in [2.45, 2.75) is 45.1 Å². The van der Waals surface area contributed by atoms with E-state index >= 15 is 0 Å². The predicted octanol–water partition coefficient (Wildman–Crippen LogP) is 3.11. The van der Waals surface area contributed by atoms with Crippen LogP contribution in [0.15, 0.2) is 29.3 Å². The smallest absolute Gasteiger partial charge is 0.312 e. The maximum absolute atomic E-state index is 12.5. The molecular weight excluding hydrogens is 352 g/mol. The molecule has 0 amide bonds. The Balaban J connectivity index is 2.25. The summed E-state index contributed by atoms with van der Waals surface area (Å²) in [6.45, 7) is 3.28. The van der Waals surface area contributed by atoms with Crippen molar-refractivity contribution < 1.29 is 24.7 Å². The summed E-state index contributed by atoms with van der Waals surface area (Å²) in [6.07, 6.45) is 2.13. The molecule has 0 radical (unpaired) electrons. The molecule has 4 unspecified atom stereocenters. The second kappa shape index (κ2) is 6.75. The number of aliphatic carboxylic acids is 2. The Labute approximate surface area is 156 Å². The van der Waals surface area contributed by atoms with Crippen LogP contribution in [0.3, 0.4) is 0 Å². The summed E-state index contributed by atoms with van der Waals surface area (Å²) in [4.78, 5) is 39.7. The third kappa shape index (κ3) is 3.20. The lowest BCUT2D eigenvalue weighted by Gasteiger charge is -2.46. The van der Waals surface area contributed by atoms with Crippen molar-refractivity contribution in [3.63, 3.8) is 0 Å². The molecular formula is C19H22N2O6. The molecule has 0 bridgehead atoms. The van der Waals surface area contributed by atoms with Crippen LogP contribution in [0.2, 0.25) is 0 Å². The molecule has 4 atom stereocenters. The van der Waals surface area contributed by atoms with Gasteiger partial charge in [0.05, 0.1) is 16.4 Å². The molecule has 27 heavy (non-hydrogen) atoms. The maximum atomic E-state index is 12.5. The van der Waals surface area contributed by atoms with Crippen molar-refractivity contribution in [2.75, 3.05) is 0 Å². The van der Waals surface area contributed by atoms with E-state index < -0.39 is 40.2 Å². The first kappa shape index (κ1) is 19.0. The average Bonchev–Trinajstić information content (AvgIpc) is 3.40. The van der Waals surface area contributed by atoms with Crippen LogP contribution in [0.1, 0.15) is 44.6 Å². The topological polar surface area (TPSA) is 130 Å². The van der Waals surface area contributed by atoms with E-state index in [1.807, 2.05) is 0 Å². The van der Waals surface area contributed by atoms with E-state index in [0.29, 0.717) is 17.7 Å². The van der Waals surface area contributed by atoms with E-state index in [4.69, 9.17) is 0 Å². The van der Waals surface area contributed by atoms with Gasteiger partial charge in [-0.3, -0.25) is 24.7 Å². The summed E-state index contributed by atoms with van der Waals surface area (Å²) in [5, 5.41) is 31.3. The van der Waals surface area contributed by atoms with Gasteiger partial charge in [0.25, 0.3) is 5.69 Å². The fourth-order valence-electron chi connectivity index (χ4n) is 4.44. The summed E-state index contributed by atoms with van der Waals surface area (Å²) < 4.78 is 0. The lowest BCUT2D eigenvalue weighted by atomic mass is 9.58. The van der Waals surface area contributed by atoms with Crippen molar-refractivity contribution in [3.8, 4) is 0 Å². The van der Waals surface area contributed by atoms with E-state index in [1.54, 1.807) is 19.9 Å². The zero-order valence-corrected chi connectivity index (χ0v) is 15.2. The number of aliphatic imine (C=N–C) groups is 1. The van der Waals surface area contributed by atoms with Crippen LogP contribution in [0, 0.1) is 27.4 Å². The van der Waals surface area contributed by atoms with Crippen molar-refractivity contribution in [1.82, 2.24) is 0 Å².